The van der Waals surface area contributed by atoms with Crippen molar-refractivity contribution in [2.24, 2.45) is 0 Å². The molecule has 0 saturated carbocycles. The van der Waals surface area contributed by atoms with Gasteiger partial charge in [-0.15, -0.1) is 0 Å². The molecule has 2 aliphatic rings. The molecule has 210 valence electrons. The minimum Gasteiger partial charge on any atom is -0.495 e. The number of likely N-dealkylation sites (tertiary alicyclic amines) is 1. The van der Waals surface area contributed by atoms with Crippen molar-refractivity contribution in [3.8, 4) is 5.75 Å². The average molecular weight is 543 g/mol. The van der Waals surface area contributed by atoms with E-state index in [1.165, 1.54) is 0 Å². The molecule has 0 radical (unpaired) electrons. The van der Waals surface area contributed by atoms with Crippen molar-refractivity contribution < 1.29 is 19.1 Å². The maximum Gasteiger partial charge on any atom is 0.256 e. The molecule has 2 fully saturated rings. The molecule has 0 unspecified atom stereocenters. The lowest BCUT2D eigenvalue weighted by atomic mass is 10.1. The summed E-state index contributed by atoms with van der Waals surface area (Å²) < 4.78 is 11.2. The zero-order chi connectivity index (χ0) is 27.7. The molecule has 2 heterocycles. The fourth-order valence-corrected chi connectivity index (χ4v) is 5.44. The van der Waals surface area contributed by atoms with E-state index in [4.69, 9.17) is 9.47 Å². The number of nitrogens with one attached hydrogen (secondary N) is 1. The van der Waals surface area contributed by atoms with Gasteiger partial charge in [-0.05, 0) is 55.2 Å². The van der Waals surface area contributed by atoms with Crippen LogP contribution >= 0.6 is 0 Å². The lowest BCUT2D eigenvalue weighted by Crippen LogP contribution is -2.47. The predicted molar refractivity (Wildman–Crippen MR) is 158 cm³/mol. The monoisotopic (exact) mass is 542 g/mol. The zero-order valence-electron chi connectivity index (χ0n) is 23.2. The summed E-state index contributed by atoms with van der Waals surface area (Å²) in [7, 11) is 1.70. The van der Waals surface area contributed by atoms with Crippen LogP contribution in [0.2, 0.25) is 0 Å². The Morgan fingerprint density at radius 3 is 2.17 bits per heavy atom. The zero-order valence-corrected chi connectivity index (χ0v) is 23.2. The minimum absolute atomic E-state index is 0.0262. The van der Waals surface area contributed by atoms with Crippen LogP contribution in [0.3, 0.4) is 0 Å². The van der Waals surface area contributed by atoms with Gasteiger partial charge in [0, 0.05) is 50.6 Å². The lowest BCUT2D eigenvalue weighted by molar-refractivity contribution is -0.121. The van der Waals surface area contributed by atoms with Gasteiger partial charge in [0.05, 0.1) is 25.0 Å². The van der Waals surface area contributed by atoms with Gasteiger partial charge in [0.15, 0.2) is 0 Å². The number of benzene rings is 3. The quantitative estimate of drug-likeness (QED) is 0.419. The molecule has 0 atom stereocenters. The second-order valence-electron chi connectivity index (χ2n) is 10.3. The number of piperidine rings is 1. The maximum atomic E-state index is 13.7. The second-order valence-corrected chi connectivity index (χ2v) is 10.3. The predicted octanol–water partition coefficient (Wildman–Crippen LogP) is 4.80. The van der Waals surface area contributed by atoms with Crippen LogP contribution in [0.5, 0.6) is 5.75 Å². The number of hydrogen-bond acceptors (Lipinski definition) is 6. The van der Waals surface area contributed by atoms with Crippen LogP contribution in [0.25, 0.3) is 0 Å². The van der Waals surface area contributed by atoms with Gasteiger partial charge in [0.25, 0.3) is 5.91 Å². The molecular formula is C32H38N4O4. The fourth-order valence-electron chi connectivity index (χ4n) is 5.44. The topological polar surface area (TPSA) is 74.4 Å². The number of amides is 2. The summed E-state index contributed by atoms with van der Waals surface area (Å²) >= 11 is 0. The fraction of sp³-hybridized carbons (Fsp3) is 0.375. The highest BCUT2D eigenvalue weighted by molar-refractivity contribution is 6.02. The molecule has 3 aromatic rings. The van der Waals surface area contributed by atoms with Crippen molar-refractivity contribution >= 4 is 28.9 Å². The van der Waals surface area contributed by atoms with Gasteiger partial charge >= 0.3 is 0 Å². The first kappa shape index (κ1) is 27.5. The van der Waals surface area contributed by atoms with Crippen molar-refractivity contribution in [2.75, 3.05) is 68.1 Å². The third-order valence-corrected chi connectivity index (χ3v) is 7.54. The number of carbonyl (C=O) groups excluding carboxylic acids is 2. The van der Waals surface area contributed by atoms with E-state index in [0.717, 1.165) is 81.2 Å². The first-order valence-electron chi connectivity index (χ1n) is 14.1. The Kier molecular flexibility index (Phi) is 9.18. The van der Waals surface area contributed by atoms with Gasteiger partial charge in [-0.2, -0.15) is 0 Å². The van der Waals surface area contributed by atoms with E-state index in [1.807, 2.05) is 71.6 Å². The van der Waals surface area contributed by atoms with E-state index in [2.05, 4.69) is 21.2 Å². The van der Waals surface area contributed by atoms with Crippen LogP contribution in [0, 0.1) is 0 Å². The maximum absolute atomic E-state index is 13.7. The number of para-hydroxylation sites is 2. The van der Waals surface area contributed by atoms with Gasteiger partial charge in [0.1, 0.15) is 12.4 Å². The average Bonchev–Trinajstić information content (AvgIpc) is 3.01. The molecular weight excluding hydrogens is 504 g/mol. The second kappa shape index (κ2) is 13.3. The van der Waals surface area contributed by atoms with E-state index in [-0.39, 0.29) is 18.4 Å². The Morgan fingerprint density at radius 2 is 1.45 bits per heavy atom. The SMILES string of the molecule is COc1ccccc1N1CCN(c2ccc(NC(=O)COCc3ccccc3)cc2C(=O)N2CCCCC2)CC1. The molecule has 8 heteroatoms. The minimum atomic E-state index is -0.245. The van der Waals surface area contributed by atoms with E-state index in [1.54, 1.807) is 7.11 Å². The number of piperazine rings is 1. The Labute approximate surface area is 236 Å². The van der Waals surface area contributed by atoms with Crippen molar-refractivity contribution in [1.29, 1.82) is 0 Å². The summed E-state index contributed by atoms with van der Waals surface area (Å²) in [5, 5.41) is 2.92. The number of hydrogen-bond donors (Lipinski definition) is 1. The number of ether oxygens (including phenoxy) is 2. The number of nitrogens with zero attached hydrogens (tertiary/aromatic N) is 3. The Bertz CT molecular complexity index is 1290. The normalized spacial score (nSPS) is 15.6. The van der Waals surface area contributed by atoms with E-state index >= 15 is 0 Å². The largest absolute Gasteiger partial charge is 0.495 e. The molecule has 1 N–H and O–H groups in total. The van der Waals surface area contributed by atoms with Crippen LogP contribution in [-0.4, -0.2) is 69.7 Å². The van der Waals surface area contributed by atoms with Crippen molar-refractivity contribution in [3.63, 3.8) is 0 Å². The van der Waals surface area contributed by atoms with Crippen LogP contribution in [0.1, 0.15) is 35.2 Å². The summed E-state index contributed by atoms with van der Waals surface area (Å²) in [6, 6.07) is 23.5. The smallest absolute Gasteiger partial charge is 0.256 e. The molecule has 5 rings (SSSR count). The van der Waals surface area contributed by atoms with Crippen LogP contribution in [-0.2, 0) is 16.1 Å². The van der Waals surface area contributed by atoms with E-state index in [0.29, 0.717) is 17.9 Å². The summed E-state index contributed by atoms with van der Waals surface area (Å²) in [5.41, 5.74) is 4.25. The van der Waals surface area contributed by atoms with Gasteiger partial charge < -0.3 is 29.5 Å². The van der Waals surface area contributed by atoms with Gasteiger partial charge in [-0.1, -0.05) is 42.5 Å². The molecule has 0 aromatic heterocycles. The van der Waals surface area contributed by atoms with E-state index < -0.39 is 0 Å². The number of anilines is 3. The summed E-state index contributed by atoms with van der Waals surface area (Å²) in [5.74, 6) is 0.647. The number of carbonyl (C=O) groups is 2. The molecule has 8 nitrogen and oxygen atoms in total. The highest BCUT2D eigenvalue weighted by Gasteiger charge is 2.26. The summed E-state index contributed by atoms with van der Waals surface area (Å²) in [6.45, 7) is 5.02. The number of methoxy groups -OCH3 is 1. The molecule has 40 heavy (non-hydrogen) atoms. The molecule has 0 spiro atoms. The third-order valence-electron chi connectivity index (χ3n) is 7.54. The lowest BCUT2D eigenvalue weighted by Gasteiger charge is -2.39. The standard InChI is InChI=1S/C32H38N4O4/c1-39-30-13-7-6-12-29(30)35-20-18-34(19-21-35)28-15-14-26(22-27(28)32(38)36-16-8-3-9-17-36)33-31(37)24-40-23-25-10-4-2-5-11-25/h2,4-7,10-15,22H,3,8-9,16-21,23-24H2,1H3,(H,33,37). The molecule has 3 aromatic carbocycles. The first-order valence-corrected chi connectivity index (χ1v) is 14.1. The van der Waals surface area contributed by atoms with Gasteiger partial charge in [0.2, 0.25) is 5.91 Å². The molecule has 2 amide bonds. The Balaban J connectivity index is 1.28. The molecule has 0 bridgehead atoms. The van der Waals surface area contributed by atoms with Crippen molar-refractivity contribution in [2.45, 2.75) is 25.9 Å². The highest BCUT2D eigenvalue weighted by Crippen LogP contribution is 2.31. The number of rotatable bonds is 9. The van der Waals surface area contributed by atoms with E-state index in [9.17, 15) is 9.59 Å². The molecule has 2 saturated heterocycles. The van der Waals surface area contributed by atoms with Gasteiger partial charge in [-0.3, -0.25) is 9.59 Å². The summed E-state index contributed by atoms with van der Waals surface area (Å²) in [6.07, 6.45) is 3.20. The molecule has 2 aliphatic heterocycles. The first-order chi connectivity index (χ1) is 19.6. The summed E-state index contributed by atoms with van der Waals surface area (Å²) in [4.78, 5) is 32.9. The van der Waals surface area contributed by atoms with Crippen LogP contribution in [0.15, 0.2) is 72.8 Å². The van der Waals surface area contributed by atoms with Crippen LogP contribution in [0.4, 0.5) is 17.1 Å². The van der Waals surface area contributed by atoms with Crippen molar-refractivity contribution in [1.82, 2.24) is 4.90 Å². The highest BCUT2D eigenvalue weighted by atomic mass is 16.5. The van der Waals surface area contributed by atoms with Crippen LogP contribution < -0.4 is 19.9 Å². The van der Waals surface area contributed by atoms with Crippen molar-refractivity contribution in [3.05, 3.63) is 83.9 Å². The third kappa shape index (κ3) is 6.74. The Hall–Kier alpha value is -4.04. The van der Waals surface area contributed by atoms with Gasteiger partial charge in [-0.25, -0.2) is 0 Å². The molecule has 0 aliphatic carbocycles. The Morgan fingerprint density at radius 1 is 0.775 bits per heavy atom.